The molecule has 214 valence electrons. The molecule has 11 heteroatoms. The number of nitrogens with zero attached hydrogens (tertiary/aromatic N) is 2. The summed E-state index contributed by atoms with van der Waals surface area (Å²) in [6, 6.07) is 21.5. The van der Waals surface area contributed by atoms with Crippen LogP contribution in [0.3, 0.4) is 0 Å². The van der Waals surface area contributed by atoms with Gasteiger partial charge >= 0.3 is 4.87 Å². The number of aryl methyl sites for hydroxylation is 1. The summed E-state index contributed by atoms with van der Waals surface area (Å²) in [5.74, 6) is -1.10. The van der Waals surface area contributed by atoms with Crippen LogP contribution in [-0.4, -0.2) is 41.8 Å². The second kappa shape index (κ2) is 11.1. The molecule has 4 aromatic rings. The van der Waals surface area contributed by atoms with Crippen molar-refractivity contribution in [2.75, 3.05) is 24.4 Å². The number of amides is 3. The van der Waals surface area contributed by atoms with Crippen molar-refractivity contribution < 1.29 is 23.9 Å². The lowest BCUT2D eigenvalue weighted by Crippen LogP contribution is -2.33. The third-order valence-electron chi connectivity index (χ3n) is 7.58. The van der Waals surface area contributed by atoms with Crippen LogP contribution in [0.1, 0.15) is 21.9 Å². The number of imide groups is 1. The molecule has 0 bridgehead atoms. The highest BCUT2D eigenvalue weighted by atomic mass is 32.2. The van der Waals surface area contributed by atoms with Gasteiger partial charge in [0.2, 0.25) is 17.7 Å². The van der Waals surface area contributed by atoms with Gasteiger partial charge in [-0.15, -0.1) is 0 Å². The van der Waals surface area contributed by atoms with E-state index in [2.05, 4.69) is 5.32 Å². The maximum atomic E-state index is 14.0. The van der Waals surface area contributed by atoms with Crippen LogP contribution in [0.15, 0.2) is 82.6 Å². The maximum Gasteiger partial charge on any atom is 0.308 e. The molecule has 0 aliphatic carbocycles. The third kappa shape index (κ3) is 4.78. The molecule has 1 N–H and O–H groups in total. The van der Waals surface area contributed by atoms with Gasteiger partial charge in [0.1, 0.15) is 23.3 Å². The molecule has 1 fully saturated rings. The van der Waals surface area contributed by atoms with E-state index in [0.717, 1.165) is 22.5 Å². The maximum absolute atomic E-state index is 14.0. The Hall–Kier alpha value is -4.35. The van der Waals surface area contributed by atoms with Gasteiger partial charge in [0.25, 0.3) is 0 Å². The molecule has 0 radical (unpaired) electrons. The first-order valence-corrected chi connectivity index (χ1v) is 14.9. The smallest absolute Gasteiger partial charge is 0.308 e. The van der Waals surface area contributed by atoms with Crippen LogP contribution in [0.25, 0.3) is 0 Å². The van der Waals surface area contributed by atoms with Gasteiger partial charge in [-0.3, -0.25) is 23.7 Å². The first-order chi connectivity index (χ1) is 20.3. The Morgan fingerprint density at radius 2 is 1.52 bits per heavy atom. The number of thioether (sulfide) groups is 1. The Morgan fingerprint density at radius 1 is 0.881 bits per heavy atom. The summed E-state index contributed by atoms with van der Waals surface area (Å²) < 4.78 is 12.0. The lowest BCUT2D eigenvalue weighted by atomic mass is 9.83. The van der Waals surface area contributed by atoms with Crippen molar-refractivity contribution in [1.29, 1.82) is 0 Å². The van der Waals surface area contributed by atoms with E-state index in [-0.39, 0.29) is 29.1 Å². The summed E-state index contributed by atoms with van der Waals surface area (Å²) in [4.78, 5) is 55.9. The normalized spacial score (nSPS) is 19.3. The van der Waals surface area contributed by atoms with Crippen LogP contribution in [0.5, 0.6) is 11.5 Å². The average Bonchev–Trinajstić information content (AvgIpc) is 3.44. The number of ether oxygens (including phenoxy) is 2. The molecule has 3 atom stereocenters. The molecule has 6 rings (SSSR count). The van der Waals surface area contributed by atoms with Crippen molar-refractivity contribution in [1.82, 2.24) is 4.57 Å². The number of carbonyl (C=O) groups excluding carboxylic acids is 3. The topological polar surface area (TPSA) is 107 Å². The van der Waals surface area contributed by atoms with Gasteiger partial charge in [-0.25, -0.2) is 4.90 Å². The lowest BCUT2D eigenvalue weighted by Gasteiger charge is -2.30. The molecular formula is C31H27N3O6S2. The predicted octanol–water partition coefficient (Wildman–Crippen LogP) is 4.67. The summed E-state index contributed by atoms with van der Waals surface area (Å²) in [6.07, 6.45) is 0. The summed E-state index contributed by atoms with van der Waals surface area (Å²) in [6.45, 7) is 1.67. The fourth-order valence-electron chi connectivity index (χ4n) is 5.46. The van der Waals surface area contributed by atoms with E-state index in [4.69, 9.17) is 9.47 Å². The number of rotatable bonds is 7. The zero-order valence-electron chi connectivity index (χ0n) is 23.0. The van der Waals surface area contributed by atoms with Crippen LogP contribution in [0.4, 0.5) is 11.4 Å². The summed E-state index contributed by atoms with van der Waals surface area (Å²) in [5, 5.41) is 2.63. The minimum absolute atomic E-state index is 0.219. The monoisotopic (exact) mass is 601 g/mol. The standard InChI is InChI=1S/C31H27N3O6S2/c1-17-6-4-5-7-22(17)32-23(35)16-33-30-27(42-31(33)38)24(18-8-12-20(39-2)13-9-18)25-26(41-30)29(37)34(28(25)36)19-10-14-21(40-3)15-11-19/h4-15,24-26H,16H2,1-3H3,(H,32,35)/t24-,25?,26?/m1/s1. The largest absolute Gasteiger partial charge is 0.497 e. The van der Waals surface area contributed by atoms with Gasteiger partial charge in [-0.05, 0) is 60.5 Å². The van der Waals surface area contributed by atoms with E-state index in [1.54, 1.807) is 56.7 Å². The van der Waals surface area contributed by atoms with Crippen LogP contribution in [-0.2, 0) is 20.9 Å². The van der Waals surface area contributed by atoms with E-state index in [0.29, 0.717) is 32.8 Å². The second-order valence-corrected chi connectivity index (χ2v) is 12.1. The molecule has 2 aliphatic heterocycles. The van der Waals surface area contributed by atoms with Crippen molar-refractivity contribution >= 4 is 52.2 Å². The summed E-state index contributed by atoms with van der Waals surface area (Å²) in [5.41, 5.74) is 2.79. The number of para-hydroxylation sites is 1. The Labute approximate surface area is 250 Å². The van der Waals surface area contributed by atoms with Gasteiger partial charge in [0, 0.05) is 16.5 Å². The fourth-order valence-corrected chi connectivity index (χ4v) is 8.23. The van der Waals surface area contributed by atoms with Crippen LogP contribution >= 0.6 is 23.1 Å². The highest BCUT2D eigenvalue weighted by Gasteiger charge is 2.56. The van der Waals surface area contributed by atoms with Gasteiger partial charge in [-0.1, -0.05) is 53.4 Å². The minimum atomic E-state index is -0.779. The molecular weight excluding hydrogens is 574 g/mol. The van der Waals surface area contributed by atoms with E-state index in [1.807, 2.05) is 37.3 Å². The molecule has 3 amide bonds. The number of fused-ring (bicyclic) bond motifs is 2. The zero-order chi connectivity index (χ0) is 29.5. The number of hydrogen-bond donors (Lipinski definition) is 1. The van der Waals surface area contributed by atoms with Crippen LogP contribution < -0.4 is 24.6 Å². The van der Waals surface area contributed by atoms with Gasteiger partial charge in [-0.2, -0.15) is 0 Å². The number of thiazole rings is 1. The Morgan fingerprint density at radius 3 is 2.17 bits per heavy atom. The Balaban J connectivity index is 1.41. The van der Waals surface area contributed by atoms with Crippen molar-refractivity contribution in [3.05, 3.63) is 98.5 Å². The molecule has 2 unspecified atom stereocenters. The number of carbonyl (C=O) groups is 3. The number of methoxy groups -OCH3 is 2. The minimum Gasteiger partial charge on any atom is -0.497 e. The molecule has 1 saturated heterocycles. The van der Waals surface area contributed by atoms with E-state index in [9.17, 15) is 19.2 Å². The number of aromatic nitrogens is 1. The SMILES string of the molecule is COc1ccc([C@H]2c3sc(=O)n(CC(=O)Nc4ccccc4C)c3SC3C(=O)N(c4ccc(OC)cc4)C(=O)C32)cc1. The van der Waals surface area contributed by atoms with Gasteiger partial charge in [0.05, 0.1) is 30.9 Å². The van der Waals surface area contributed by atoms with Crippen molar-refractivity contribution in [3.63, 3.8) is 0 Å². The molecule has 3 aromatic carbocycles. The molecule has 3 heterocycles. The highest BCUT2D eigenvalue weighted by molar-refractivity contribution is 8.00. The molecule has 0 saturated carbocycles. The lowest BCUT2D eigenvalue weighted by molar-refractivity contribution is -0.122. The van der Waals surface area contributed by atoms with E-state index in [1.165, 1.54) is 21.2 Å². The van der Waals surface area contributed by atoms with Gasteiger partial charge in [0.15, 0.2) is 0 Å². The fraction of sp³-hybridized carbons (Fsp3) is 0.226. The van der Waals surface area contributed by atoms with Gasteiger partial charge < -0.3 is 14.8 Å². The first-order valence-electron chi connectivity index (χ1n) is 13.2. The van der Waals surface area contributed by atoms with Crippen molar-refractivity contribution in [3.8, 4) is 11.5 Å². The van der Waals surface area contributed by atoms with Crippen molar-refractivity contribution in [2.24, 2.45) is 5.92 Å². The average molecular weight is 602 g/mol. The second-order valence-electron chi connectivity index (χ2n) is 10.0. The van der Waals surface area contributed by atoms with E-state index >= 15 is 0 Å². The Bertz CT molecular complexity index is 1750. The predicted molar refractivity (Wildman–Crippen MR) is 162 cm³/mol. The quantitative estimate of drug-likeness (QED) is 0.307. The number of anilines is 2. The summed E-state index contributed by atoms with van der Waals surface area (Å²) >= 11 is 2.19. The van der Waals surface area contributed by atoms with E-state index < -0.39 is 17.1 Å². The molecule has 42 heavy (non-hydrogen) atoms. The molecule has 1 aromatic heterocycles. The molecule has 0 spiro atoms. The zero-order valence-corrected chi connectivity index (χ0v) is 24.7. The number of benzene rings is 3. The Kier molecular flexibility index (Phi) is 7.38. The molecule has 2 aliphatic rings. The summed E-state index contributed by atoms with van der Waals surface area (Å²) in [7, 11) is 3.12. The van der Waals surface area contributed by atoms with Crippen LogP contribution in [0.2, 0.25) is 0 Å². The number of nitrogens with one attached hydrogen (secondary N) is 1. The van der Waals surface area contributed by atoms with Crippen LogP contribution in [0, 0.1) is 12.8 Å². The van der Waals surface area contributed by atoms with Crippen molar-refractivity contribution in [2.45, 2.75) is 29.7 Å². The number of hydrogen-bond acceptors (Lipinski definition) is 8. The third-order valence-corrected chi connectivity index (χ3v) is 10.2. The first kappa shape index (κ1) is 27.8. The highest BCUT2D eigenvalue weighted by Crippen LogP contribution is 2.54. The molecule has 9 nitrogen and oxygen atoms in total.